The summed E-state index contributed by atoms with van der Waals surface area (Å²) >= 11 is 0. The molecule has 2 aromatic carbocycles. The van der Waals surface area contributed by atoms with Gasteiger partial charge in [0, 0.05) is 17.3 Å². The molecular formula is C19H15NO3. The third kappa shape index (κ3) is 3.55. The molecular weight excluding hydrogens is 290 g/mol. The van der Waals surface area contributed by atoms with E-state index in [-0.39, 0.29) is 5.78 Å². The van der Waals surface area contributed by atoms with Gasteiger partial charge in [0.05, 0.1) is 5.69 Å². The van der Waals surface area contributed by atoms with Gasteiger partial charge in [-0.1, -0.05) is 24.3 Å². The molecule has 0 fully saturated rings. The van der Waals surface area contributed by atoms with E-state index in [4.69, 9.17) is 4.74 Å². The lowest BCUT2D eigenvalue weighted by atomic mass is 10.1. The minimum absolute atomic E-state index is 0.0500. The fourth-order valence-electron chi connectivity index (χ4n) is 2.19. The van der Waals surface area contributed by atoms with E-state index in [0.29, 0.717) is 29.2 Å². The second kappa shape index (κ2) is 6.75. The second-order valence-electron chi connectivity index (χ2n) is 5.09. The Morgan fingerprint density at radius 1 is 1.00 bits per heavy atom. The lowest BCUT2D eigenvalue weighted by molar-refractivity contribution is 0.103. The van der Waals surface area contributed by atoms with E-state index in [0.717, 1.165) is 11.8 Å². The first-order valence-electron chi connectivity index (χ1n) is 7.21. The second-order valence-corrected chi connectivity index (χ2v) is 5.09. The van der Waals surface area contributed by atoms with Crippen LogP contribution >= 0.6 is 0 Å². The van der Waals surface area contributed by atoms with Crippen LogP contribution in [0.15, 0.2) is 66.9 Å². The van der Waals surface area contributed by atoms with E-state index < -0.39 is 0 Å². The molecule has 0 aliphatic carbocycles. The molecule has 4 nitrogen and oxygen atoms in total. The van der Waals surface area contributed by atoms with Gasteiger partial charge in [0.25, 0.3) is 0 Å². The van der Waals surface area contributed by atoms with E-state index >= 15 is 0 Å². The van der Waals surface area contributed by atoms with Crippen molar-refractivity contribution in [3.8, 4) is 5.75 Å². The Bertz CT molecular complexity index is 788. The highest BCUT2D eigenvalue weighted by atomic mass is 16.5. The van der Waals surface area contributed by atoms with Gasteiger partial charge in [-0.25, -0.2) is 0 Å². The maximum Gasteiger partial charge on any atom is 0.209 e. The first kappa shape index (κ1) is 14.8. The van der Waals surface area contributed by atoms with Crippen molar-refractivity contribution in [2.45, 2.75) is 6.61 Å². The van der Waals surface area contributed by atoms with Crippen LogP contribution in [0.25, 0.3) is 0 Å². The molecule has 0 aliphatic heterocycles. The average molecular weight is 305 g/mol. The number of aromatic amines is 1. The van der Waals surface area contributed by atoms with Crippen LogP contribution < -0.4 is 4.74 Å². The Hall–Kier alpha value is -3.14. The molecule has 114 valence electrons. The summed E-state index contributed by atoms with van der Waals surface area (Å²) in [5, 5.41) is 0. The molecule has 0 bridgehead atoms. The van der Waals surface area contributed by atoms with Gasteiger partial charge < -0.3 is 9.72 Å². The van der Waals surface area contributed by atoms with Crippen LogP contribution in [0.4, 0.5) is 0 Å². The molecule has 0 radical (unpaired) electrons. The smallest absolute Gasteiger partial charge is 0.209 e. The molecule has 3 aromatic rings. The van der Waals surface area contributed by atoms with Crippen LogP contribution in [0, 0.1) is 0 Å². The Labute approximate surface area is 133 Å². The van der Waals surface area contributed by atoms with Crippen LogP contribution in [0.3, 0.4) is 0 Å². The van der Waals surface area contributed by atoms with Gasteiger partial charge in [0.2, 0.25) is 5.78 Å². The molecule has 3 rings (SSSR count). The first-order valence-corrected chi connectivity index (χ1v) is 7.21. The largest absolute Gasteiger partial charge is 0.489 e. The van der Waals surface area contributed by atoms with Crippen molar-refractivity contribution < 1.29 is 14.3 Å². The summed E-state index contributed by atoms with van der Waals surface area (Å²) in [4.78, 5) is 25.7. The number of ketones is 1. The fourth-order valence-corrected chi connectivity index (χ4v) is 2.19. The zero-order valence-electron chi connectivity index (χ0n) is 12.4. The molecule has 23 heavy (non-hydrogen) atoms. The molecule has 1 heterocycles. The molecule has 0 unspecified atom stereocenters. The van der Waals surface area contributed by atoms with Crippen molar-refractivity contribution in [2.75, 3.05) is 0 Å². The number of aldehydes is 1. The summed E-state index contributed by atoms with van der Waals surface area (Å²) < 4.78 is 5.68. The van der Waals surface area contributed by atoms with Gasteiger partial charge in [0.1, 0.15) is 18.6 Å². The standard InChI is InChI=1S/C19H15NO3/c21-12-14-3-5-15(6-4-14)13-23-17-9-7-16(8-10-17)19(22)18-2-1-11-20-18/h1-12,20H,13H2. The molecule has 4 heteroatoms. The third-order valence-electron chi connectivity index (χ3n) is 3.48. The number of rotatable bonds is 6. The molecule has 1 N–H and O–H groups in total. The quantitative estimate of drug-likeness (QED) is 0.559. The van der Waals surface area contributed by atoms with Crippen LogP contribution in [-0.4, -0.2) is 17.1 Å². The predicted octanol–water partition coefficient (Wildman–Crippen LogP) is 3.64. The topological polar surface area (TPSA) is 59.2 Å². The summed E-state index contributed by atoms with van der Waals surface area (Å²) in [5.41, 5.74) is 2.78. The van der Waals surface area contributed by atoms with E-state index in [9.17, 15) is 9.59 Å². The zero-order valence-corrected chi connectivity index (χ0v) is 12.4. The van der Waals surface area contributed by atoms with Gasteiger partial charge in [-0.05, 0) is 42.0 Å². The number of hydrogen-bond donors (Lipinski definition) is 1. The first-order chi connectivity index (χ1) is 11.3. The number of hydrogen-bond acceptors (Lipinski definition) is 3. The number of benzene rings is 2. The lowest BCUT2D eigenvalue weighted by Crippen LogP contribution is -2.01. The number of ether oxygens (including phenoxy) is 1. The van der Waals surface area contributed by atoms with E-state index in [1.54, 1.807) is 54.7 Å². The highest BCUT2D eigenvalue weighted by molar-refractivity contribution is 6.07. The van der Waals surface area contributed by atoms with Gasteiger partial charge in [-0.3, -0.25) is 9.59 Å². The Kier molecular flexibility index (Phi) is 4.34. The fraction of sp³-hybridized carbons (Fsp3) is 0.0526. The normalized spacial score (nSPS) is 10.3. The highest BCUT2D eigenvalue weighted by Crippen LogP contribution is 2.16. The summed E-state index contributed by atoms with van der Waals surface area (Å²) in [7, 11) is 0. The Morgan fingerprint density at radius 3 is 2.35 bits per heavy atom. The third-order valence-corrected chi connectivity index (χ3v) is 3.48. The van der Waals surface area contributed by atoms with Crippen molar-refractivity contribution in [3.63, 3.8) is 0 Å². The van der Waals surface area contributed by atoms with E-state index in [1.165, 1.54) is 0 Å². The summed E-state index contributed by atoms with van der Waals surface area (Å²) in [6.45, 7) is 0.406. The summed E-state index contributed by atoms with van der Waals surface area (Å²) in [6.07, 6.45) is 2.53. The highest BCUT2D eigenvalue weighted by Gasteiger charge is 2.09. The van der Waals surface area contributed by atoms with E-state index in [1.807, 2.05) is 12.1 Å². The molecule has 0 amide bonds. The molecule has 0 aliphatic rings. The molecule has 0 saturated heterocycles. The number of carbonyl (C=O) groups excluding carboxylic acids is 2. The summed E-state index contributed by atoms with van der Waals surface area (Å²) in [6, 6.07) is 17.8. The Morgan fingerprint density at radius 2 is 1.74 bits per heavy atom. The average Bonchev–Trinajstić information content (AvgIpc) is 3.15. The predicted molar refractivity (Wildman–Crippen MR) is 86.8 cm³/mol. The van der Waals surface area contributed by atoms with Gasteiger partial charge in [0.15, 0.2) is 0 Å². The number of aromatic nitrogens is 1. The lowest BCUT2D eigenvalue weighted by Gasteiger charge is -2.07. The minimum Gasteiger partial charge on any atom is -0.489 e. The van der Waals surface area contributed by atoms with Crippen LogP contribution in [0.1, 0.15) is 32.0 Å². The Balaban J connectivity index is 1.63. The minimum atomic E-state index is -0.0500. The van der Waals surface area contributed by atoms with Crippen molar-refractivity contribution in [3.05, 3.63) is 89.2 Å². The van der Waals surface area contributed by atoms with E-state index in [2.05, 4.69) is 4.98 Å². The zero-order chi connectivity index (χ0) is 16.1. The van der Waals surface area contributed by atoms with Crippen LogP contribution in [0.2, 0.25) is 0 Å². The monoisotopic (exact) mass is 305 g/mol. The molecule has 1 aromatic heterocycles. The maximum atomic E-state index is 12.2. The van der Waals surface area contributed by atoms with Crippen LogP contribution in [0.5, 0.6) is 5.75 Å². The van der Waals surface area contributed by atoms with Crippen molar-refractivity contribution in [1.82, 2.24) is 4.98 Å². The van der Waals surface area contributed by atoms with Gasteiger partial charge in [-0.2, -0.15) is 0 Å². The maximum absolute atomic E-state index is 12.2. The van der Waals surface area contributed by atoms with Gasteiger partial charge in [-0.15, -0.1) is 0 Å². The number of carbonyl (C=O) groups is 2. The summed E-state index contributed by atoms with van der Waals surface area (Å²) in [5.74, 6) is 0.638. The van der Waals surface area contributed by atoms with Crippen molar-refractivity contribution in [1.29, 1.82) is 0 Å². The van der Waals surface area contributed by atoms with Crippen molar-refractivity contribution >= 4 is 12.1 Å². The SMILES string of the molecule is O=Cc1ccc(COc2ccc(C(=O)c3ccc[nH]3)cc2)cc1. The molecule has 0 saturated carbocycles. The number of H-pyrrole nitrogens is 1. The molecule has 0 atom stereocenters. The van der Waals surface area contributed by atoms with Crippen molar-refractivity contribution in [2.24, 2.45) is 0 Å². The number of nitrogens with one attached hydrogen (secondary N) is 1. The molecule has 0 spiro atoms. The van der Waals surface area contributed by atoms with Crippen LogP contribution in [-0.2, 0) is 6.61 Å². The van der Waals surface area contributed by atoms with Gasteiger partial charge >= 0.3 is 0 Å².